The van der Waals surface area contributed by atoms with Crippen molar-refractivity contribution in [2.75, 3.05) is 13.6 Å². The molecule has 0 saturated carbocycles. The number of amides is 1. The Morgan fingerprint density at radius 1 is 1.26 bits per heavy atom. The zero-order valence-electron chi connectivity index (χ0n) is 10.7. The van der Waals surface area contributed by atoms with Crippen LogP contribution in [0.4, 0.5) is 0 Å². The Balaban J connectivity index is 2.30. The summed E-state index contributed by atoms with van der Waals surface area (Å²) in [5, 5.41) is 0. The van der Waals surface area contributed by atoms with Gasteiger partial charge in [-0.2, -0.15) is 0 Å². The predicted octanol–water partition coefficient (Wildman–Crippen LogP) is 2.45. The highest BCUT2D eigenvalue weighted by Gasteiger charge is 2.11. The molecule has 2 rings (SSSR count). The maximum Gasteiger partial charge on any atom is 0.255 e. The van der Waals surface area contributed by atoms with Gasteiger partial charge in [-0.05, 0) is 11.6 Å². The van der Waals surface area contributed by atoms with Gasteiger partial charge in [0, 0.05) is 25.0 Å². The lowest BCUT2D eigenvalue weighted by molar-refractivity contribution is 0.0812. The quantitative estimate of drug-likeness (QED) is 0.784. The van der Waals surface area contributed by atoms with Crippen molar-refractivity contribution in [2.24, 2.45) is 0 Å². The molecule has 0 spiro atoms. The summed E-state index contributed by atoms with van der Waals surface area (Å²) in [6.07, 6.45) is 8.51. The molecule has 19 heavy (non-hydrogen) atoms. The Kier molecular flexibility index (Phi) is 3.94. The fourth-order valence-corrected chi connectivity index (χ4v) is 1.77. The van der Waals surface area contributed by atoms with Gasteiger partial charge in [0.05, 0.1) is 12.1 Å². The van der Waals surface area contributed by atoms with Gasteiger partial charge < -0.3 is 4.90 Å². The fraction of sp³-hybridized carbons (Fsp3) is 0.125. The first-order valence-corrected chi connectivity index (χ1v) is 5.92. The molecule has 0 N–H and O–H groups in total. The molecule has 0 aliphatic carbocycles. The molecule has 0 fully saturated rings. The average molecular weight is 250 g/mol. The number of carbonyl (C=O) groups is 1. The van der Waals surface area contributed by atoms with Gasteiger partial charge in [-0.25, -0.2) is 0 Å². The van der Waals surface area contributed by atoms with Crippen LogP contribution in [0.25, 0.3) is 11.1 Å². The van der Waals surface area contributed by atoms with Gasteiger partial charge in [0.25, 0.3) is 5.91 Å². The van der Waals surface area contributed by atoms with Crippen LogP contribution in [-0.4, -0.2) is 29.4 Å². The van der Waals surface area contributed by atoms with E-state index in [-0.39, 0.29) is 12.5 Å². The lowest BCUT2D eigenvalue weighted by Gasteiger charge is -2.14. The van der Waals surface area contributed by atoms with E-state index in [1.807, 2.05) is 36.4 Å². The van der Waals surface area contributed by atoms with Gasteiger partial charge in [-0.15, -0.1) is 6.42 Å². The van der Waals surface area contributed by atoms with Crippen LogP contribution in [0.5, 0.6) is 0 Å². The van der Waals surface area contributed by atoms with E-state index >= 15 is 0 Å². The van der Waals surface area contributed by atoms with Crippen molar-refractivity contribution < 1.29 is 4.79 Å². The Morgan fingerprint density at radius 3 is 2.68 bits per heavy atom. The number of nitrogens with zero attached hydrogens (tertiary/aromatic N) is 2. The second kappa shape index (κ2) is 5.83. The topological polar surface area (TPSA) is 33.2 Å². The SMILES string of the molecule is C#CCN(C)C(=O)c1cncc(-c2ccccc2)c1. The van der Waals surface area contributed by atoms with E-state index in [9.17, 15) is 4.79 Å². The smallest absolute Gasteiger partial charge is 0.255 e. The van der Waals surface area contributed by atoms with Crippen LogP contribution < -0.4 is 0 Å². The Labute approximate surface area is 112 Å². The van der Waals surface area contributed by atoms with Crippen molar-refractivity contribution in [3.63, 3.8) is 0 Å². The Bertz CT molecular complexity index is 614. The summed E-state index contributed by atoms with van der Waals surface area (Å²) in [6.45, 7) is 0.286. The second-order valence-electron chi connectivity index (χ2n) is 4.19. The minimum atomic E-state index is -0.122. The monoisotopic (exact) mass is 250 g/mol. The van der Waals surface area contributed by atoms with Crippen molar-refractivity contribution in [2.45, 2.75) is 0 Å². The average Bonchev–Trinajstić information content (AvgIpc) is 2.48. The van der Waals surface area contributed by atoms with Crippen molar-refractivity contribution in [1.82, 2.24) is 9.88 Å². The Morgan fingerprint density at radius 2 is 2.00 bits per heavy atom. The molecule has 0 atom stereocenters. The van der Waals surface area contributed by atoms with Gasteiger partial charge >= 0.3 is 0 Å². The van der Waals surface area contributed by atoms with E-state index in [1.54, 1.807) is 19.4 Å². The van der Waals surface area contributed by atoms with E-state index < -0.39 is 0 Å². The first kappa shape index (κ1) is 12.8. The van der Waals surface area contributed by atoms with Crippen LogP contribution >= 0.6 is 0 Å². The highest BCUT2D eigenvalue weighted by Crippen LogP contribution is 2.19. The van der Waals surface area contributed by atoms with E-state index in [2.05, 4.69) is 10.9 Å². The minimum Gasteiger partial charge on any atom is -0.331 e. The van der Waals surface area contributed by atoms with Crippen molar-refractivity contribution >= 4 is 5.91 Å². The fourth-order valence-electron chi connectivity index (χ4n) is 1.77. The summed E-state index contributed by atoms with van der Waals surface area (Å²) in [7, 11) is 1.68. The van der Waals surface area contributed by atoms with E-state index in [0.29, 0.717) is 5.56 Å². The molecule has 1 amide bonds. The molecule has 1 aromatic heterocycles. The summed E-state index contributed by atoms with van der Waals surface area (Å²) >= 11 is 0. The van der Waals surface area contributed by atoms with E-state index in [0.717, 1.165) is 11.1 Å². The number of hydrogen-bond donors (Lipinski definition) is 0. The highest BCUT2D eigenvalue weighted by atomic mass is 16.2. The zero-order valence-corrected chi connectivity index (χ0v) is 10.7. The summed E-state index contributed by atoms with van der Waals surface area (Å²) in [6, 6.07) is 11.7. The van der Waals surface area contributed by atoms with Crippen LogP contribution in [0.2, 0.25) is 0 Å². The summed E-state index contributed by atoms with van der Waals surface area (Å²) in [4.78, 5) is 17.7. The van der Waals surface area contributed by atoms with Crippen molar-refractivity contribution in [3.05, 3.63) is 54.4 Å². The first-order chi connectivity index (χ1) is 9.22. The molecule has 0 bridgehead atoms. The molecule has 0 saturated heterocycles. The molecular weight excluding hydrogens is 236 g/mol. The summed E-state index contributed by atoms with van der Waals surface area (Å²) in [5.74, 6) is 2.33. The van der Waals surface area contributed by atoms with E-state index in [4.69, 9.17) is 6.42 Å². The van der Waals surface area contributed by atoms with Gasteiger partial charge in [-0.1, -0.05) is 36.3 Å². The molecule has 94 valence electrons. The third-order valence-corrected chi connectivity index (χ3v) is 2.77. The minimum absolute atomic E-state index is 0.122. The molecule has 0 aliphatic rings. The predicted molar refractivity (Wildman–Crippen MR) is 75.5 cm³/mol. The number of benzene rings is 1. The normalized spacial score (nSPS) is 9.68. The number of terminal acetylenes is 1. The Hall–Kier alpha value is -2.60. The third kappa shape index (κ3) is 2.99. The number of rotatable bonds is 3. The summed E-state index contributed by atoms with van der Waals surface area (Å²) in [5.41, 5.74) is 2.49. The third-order valence-electron chi connectivity index (χ3n) is 2.77. The lowest BCUT2D eigenvalue weighted by atomic mass is 10.1. The second-order valence-corrected chi connectivity index (χ2v) is 4.19. The van der Waals surface area contributed by atoms with Crippen LogP contribution in [0.3, 0.4) is 0 Å². The molecule has 3 heteroatoms. The molecule has 0 radical (unpaired) electrons. The van der Waals surface area contributed by atoms with Crippen LogP contribution in [0.15, 0.2) is 48.8 Å². The van der Waals surface area contributed by atoms with Gasteiger partial charge in [-0.3, -0.25) is 9.78 Å². The van der Waals surface area contributed by atoms with Gasteiger partial charge in [0.1, 0.15) is 0 Å². The zero-order chi connectivity index (χ0) is 13.7. The van der Waals surface area contributed by atoms with Gasteiger partial charge in [0.15, 0.2) is 0 Å². The first-order valence-electron chi connectivity index (χ1n) is 5.92. The maximum absolute atomic E-state index is 12.1. The maximum atomic E-state index is 12.1. The molecule has 2 aromatic rings. The molecule has 0 aliphatic heterocycles. The molecule has 1 heterocycles. The van der Waals surface area contributed by atoms with E-state index in [1.165, 1.54) is 4.90 Å². The van der Waals surface area contributed by atoms with Crippen molar-refractivity contribution in [1.29, 1.82) is 0 Å². The standard InChI is InChI=1S/C16H14N2O/c1-3-9-18(2)16(19)15-10-14(11-17-12-15)13-7-5-4-6-8-13/h1,4-8,10-12H,9H2,2H3. The van der Waals surface area contributed by atoms with Crippen molar-refractivity contribution in [3.8, 4) is 23.5 Å². The number of carbonyl (C=O) groups excluding carboxylic acids is 1. The van der Waals surface area contributed by atoms with Crippen LogP contribution in [0.1, 0.15) is 10.4 Å². The number of hydrogen-bond acceptors (Lipinski definition) is 2. The number of pyridine rings is 1. The number of aromatic nitrogens is 1. The van der Waals surface area contributed by atoms with Crippen LogP contribution in [-0.2, 0) is 0 Å². The van der Waals surface area contributed by atoms with Gasteiger partial charge in [0.2, 0.25) is 0 Å². The highest BCUT2D eigenvalue weighted by molar-refractivity contribution is 5.95. The molecule has 3 nitrogen and oxygen atoms in total. The molecule has 0 unspecified atom stereocenters. The summed E-state index contributed by atoms with van der Waals surface area (Å²) < 4.78 is 0. The largest absolute Gasteiger partial charge is 0.331 e. The molecule has 1 aromatic carbocycles. The molecular formula is C16H14N2O. The van der Waals surface area contributed by atoms with Crippen LogP contribution in [0, 0.1) is 12.3 Å². The lowest BCUT2D eigenvalue weighted by Crippen LogP contribution is -2.27.